The van der Waals surface area contributed by atoms with E-state index in [4.69, 9.17) is 0 Å². The molecule has 1 aromatic rings. The van der Waals surface area contributed by atoms with Crippen molar-refractivity contribution in [2.24, 2.45) is 11.3 Å². The molecule has 2 atom stereocenters. The summed E-state index contributed by atoms with van der Waals surface area (Å²) in [5.41, 5.74) is 1.34. The lowest BCUT2D eigenvalue weighted by molar-refractivity contribution is 0.153. The van der Waals surface area contributed by atoms with Gasteiger partial charge in [-0.25, -0.2) is 13.2 Å². The molecule has 4 aliphatic rings. The van der Waals surface area contributed by atoms with Crippen LogP contribution in [0.15, 0.2) is 24.3 Å². The Kier molecular flexibility index (Phi) is 5.31. The molecule has 4 saturated heterocycles. The van der Waals surface area contributed by atoms with Crippen molar-refractivity contribution in [3.63, 3.8) is 0 Å². The monoisotopic (exact) mass is 517 g/mol. The van der Waals surface area contributed by atoms with Gasteiger partial charge in [-0.05, 0) is 64.6 Å². The molecule has 0 aliphatic carbocycles. The van der Waals surface area contributed by atoms with Gasteiger partial charge in [0.1, 0.15) is 0 Å². The van der Waals surface area contributed by atoms with Gasteiger partial charge in [0.2, 0.25) is 0 Å². The normalized spacial score (nSPS) is 28.9. The number of anilines is 1. The summed E-state index contributed by atoms with van der Waals surface area (Å²) in [5.74, 6) is 0.588. The number of carbonyl (C=O) groups is 1. The SMILES string of the molecule is CC1(C)CC2CN(C(=O)N3CCS(=O)(=O)CC3)CC1N(c1ccc(I)cc1)C2. The molecule has 154 valence electrons. The molecule has 4 fully saturated rings. The summed E-state index contributed by atoms with van der Waals surface area (Å²) in [4.78, 5) is 19.4. The molecule has 2 amide bonds. The predicted octanol–water partition coefficient (Wildman–Crippen LogP) is 2.68. The molecule has 0 aromatic heterocycles. The van der Waals surface area contributed by atoms with Crippen LogP contribution in [0.25, 0.3) is 0 Å². The van der Waals surface area contributed by atoms with Gasteiger partial charge in [-0.1, -0.05) is 13.8 Å². The van der Waals surface area contributed by atoms with Crippen LogP contribution in [0.3, 0.4) is 0 Å². The Morgan fingerprint density at radius 1 is 1.04 bits per heavy atom. The number of rotatable bonds is 1. The van der Waals surface area contributed by atoms with Crippen molar-refractivity contribution < 1.29 is 13.2 Å². The first-order valence-electron chi connectivity index (χ1n) is 9.91. The Morgan fingerprint density at radius 2 is 1.68 bits per heavy atom. The number of sulfone groups is 1. The summed E-state index contributed by atoms with van der Waals surface area (Å²) in [6.07, 6.45) is 1.11. The Bertz CT molecular complexity index is 842. The molecule has 6 nitrogen and oxygen atoms in total. The molecular formula is C20H28IN3O3S. The fourth-order valence-electron chi connectivity index (χ4n) is 5.01. The zero-order valence-electron chi connectivity index (χ0n) is 16.5. The molecule has 0 saturated carbocycles. The van der Waals surface area contributed by atoms with Crippen LogP contribution in [-0.2, 0) is 9.84 Å². The fraction of sp³-hybridized carbons (Fsp3) is 0.650. The van der Waals surface area contributed by atoms with Gasteiger partial charge in [-0.3, -0.25) is 0 Å². The number of nitrogens with zero attached hydrogens (tertiary/aromatic N) is 3. The van der Waals surface area contributed by atoms with Crippen molar-refractivity contribution in [1.29, 1.82) is 0 Å². The molecule has 2 unspecified atom stereocenters. The van der Waals surface area contributed by atoms with E-state index < -0.39 is 9.84 Å². The lowest BCUT2D eigenvalue weighted by Gasteiger charge is -2.48. The summed E-state index contributed by atoms with van der Waals surface area (Å²) >= 11 is 2.32. The van der Waals surface area contributed by atoms with Crippen molar-refractivity contribution in [3.8, 4) is 0 Å². The lowest BCUT2D eigenvalue weighted by atomic mass is 9.73. The van der Waals surface area contributed by atoms with Gasteiger partial charge in [0.25, 0.3) is 0 Å². The molecule has 1 aromatic carbocycles. The lowest BCUT2D eigenvalue weighted by Crippen LogP contribution is -2.55. The fourth-order valence-corrected chi connectivity index (χ4v) is 6.57. The van der Waals surface area contributed by atoms with E-state index in [0.29, 0.717) is 25.6 Å². The third-order valence-corrected chi connectivity index (χ3v) is 8.79. The van der Waals surface area contributed by atoms with Crippen LogP contribution in [0.1, 0.15) is 20.3 Å². The Labute approximate surface area is 181 Å². The highest BCUT2D eigenvalue weighted by molar-refractivity contribution is 14.1. The van der Waals surface area contributed by atoms with Gasteiger partial charge in [0.05, 0.1) is 17.5 Å². The second kappa shape index (κ2) is 7.34. The minimum atomic E-state index is -2.98. The minimum Gasteiger partial charge on any atom is -0.366 e. The Balaban J connectivity index is 1.56. The average molecular weight is 517 g/mol. The van der Waals surface area contributed by atoms with Gasteiger partial charge < -0.3 is 14.7 Å². The maximum Gasteiger partial charge on any atom is 0.320 e. The minimum absolute atomic E-state index is 0.00654. The van der Waals surface area contributed by atoms with Gasteiger partial charge in [-0.2, -0.15) is 0 Å². The third kappa shape index (κ3) is 3.99. The molecule has 4 heterocycles. The second-order valence-electron chi connectivity index (χ2n) is 9.03. The number of hydrogen-bond acceptors (Lipinski definition) is 4. The van der Waals surface area contributed by atoms with E-state index in [9.17, 15) is 13.2 Å². The topological polar surface area (TPSA) is 60.9 Å². The van der Waals surface area contributed by atoms with E-state index in [0.717, 1.165) is 19.5 Å². The predicted molar refractivity (Wildman–Crippen MR) is 119 cm³/mol. The van der Waals surface area contributed by atoms with Crippen LogP contribution in [-0.4, -0.2) is 74.5 Å². The number of piperidine rings is 1. The van der Waals surface area contributed by atoms with E-state index in [1.165, 1.54) is 9.26 Å². The van der Waals surface area contributed by atoms with Crippen LogP contribution in [0.5, 0.6) is 0 Å². The van der Waals surface area contributed by atoms with Crippen LogP contribution < -0.4 is 4.90 Å². The van der Waals surface area contributed by atoms with Crippen LogP contribution in [0.4, 0.5) is 10.5 Å². The van der Waals surface area contributed by atoms with Gasteiger partial charge >= 0.3 is 6.03 Å². The van der Waals surface area contributed by atoms with Crippen LogP contribution in [0.2, 0.25) is 0 Å². The van der Waals surface area contributed by atoms with Gasteiger partial charge in [-0.15, -0.1) is 0 Å². The summed E-state index contributed by atoms with van der Waals surface area (Å²) in [5, 5.41) is 0. The van der Waals surface area contributed by atoms with Crippen molar-refractivity contribution in [2.45, 2.75) is 26.3 Å². The Morgan fingerprint density at radius 3 is 2.32 bits per heavy atom. The maximum absolute atomic E-state index is 13.2. The molecule has 5 rings (SSSR count). The average Bonchev–Trinajstić information content (AvgIpc) is 2.89. The molecule has 2 bridgehead atoms. The highest BCUT2D eigenvalue weighted by Crippen LogP contribution is 2.43. The summed E-state index contributed by atoms with van der Waals surface area (Å²) < 4.78 is 24.6. The molecule has 0 spiro atoms. The van der Waals surface area contributed by atoms with E-state index in [2.05, 4.69) is 65.6 Å². The molecular weight excluding hydrogens is 489 g/mol. The Hall–Kier alpha value is -1.03. The van der Waals surface area contributed by atoms with E-state index in [1.54, 1.807) is 4.90 Å². The highest BCUT2D eigenvalue weighted by Gasteiger charge is 2.47. The van der Waals surface area contributed by atoms with E-state index >= 15 is 0 Å². The number of halogens is 1. The van der Waals surface area contributed by atoms with E-state index in [-0.39, 0.29) is 29.0 Å². The molecule has 4 aliphatic heterocycles. The number of fused-ring (bicyclic) bond motifs is 4. The quantitative estimate of drug-likeness (QED) is 0.538. The van der Waals surface area contributed by atoms with Gasteiger partial charge in [0.15, 0.2) is 9.84 Å². The smallest absolute Gasteiger partial charge is 0.320 e. The van der Waals surface area contributed by atoms with Crippen molar-refractivity contribution in [3.05, 3.63) is 27.8 Å². The van der Waals surface area contributed by atoms with Crippen molar-refractivity contribution in [2.75, 3.05) is 49.1 Å². The zero-order chi connectivity index (χ0) is 20.1. The highest BCUT2D eigenvalue weighted by atomic mass is 127. The summed E-state index contributed by atoms with van der Waals surface area (Å²) in [7, 11) is -2.98. The first-order chi connectivity index (χ1) is 13.1. The zero-order valence-corrected chi connectivity index (χ0v) is 19.4. The van der Waals surface area contributed by atoms with Crippen molar-refractivity contribution in [1.82, 2.24) is 9.80 Å². The summed E-state index contributed by atoms with van der Waals surface area (Å²) in [6.45, 7) is 7.66. The number of amides is 2. The number of hydrogen-bond donors (Lipinski definition) is 0. The van der Waals surface area contributed by atoms with Gasteiger partial charge in [0, 0.05) is 42.0 Å². The number of carbonyl (C=O) groups excluding carboxylic acids is 1. The standard InChI is InChI=1S/C20H28IN3O3S/c1-20(2)11-15-12-23(19(25)22-7-9-28(26,27)10-8-22)14-18(20)24(13-15)17-5-3-16(21)4-6-17/h3-6,15,18H,7-14H2,1-2H3. The number of urea groups is 1. The molecule has 28 heavy (non-hydrogen) atoms. The van der Waals surface area contributed by atoms with Crippen molar-refractivity contribution >= 4 is 44.1 Å². The van der Waals surface area contributed by atoms with Crippen LogP contribution in [0, 0.1) is 14.9 Å². The summed E-state index contributed by atoms with van der Waals surface area (Å²) in [6, 6.07) is 8.90. The molecule has 0 N–H and O–H groups in total. The van der Waals surface area contributed by atoms with E-state index in [1.807, 2.05) is 4.90 Å². The first kappa shape index (κ1) is 20.3. The third-order valence-electron chi connectivity index (χ3n) is 6.46. The maximum atomic E-state index is 13.2. The molecule has 0 radical (unpaired) electrons. The van der Waals surface area contributed by atoms with Crippen LogP contribution >= 0.6 is 22.6 Å². The second-order valence-corrected chi connectivity index (χ2v) is 12.6. The largest absolute Gasteiger partial charge is 0.366 e. The number of benzene rings is 1. The molecule has 8 heteroatoms. The first-order valence-corrected chi connectivity index (χ1v) is 12.8.